The maximum absolute atomic E-state index is 15.2. The molecule has 2 aliphatic rings. The van der Waals surface area contributed by atoms with Crippen molar-refractivity contribution < 1.29 is 13.5 Å². The van der Waals surface area contributed by atoms with Crippen molar-refractivity contribution in [1.29, 1.82) is 0 Å². The summed E-state index contributed by atoms with van der Waals surface area (Å²) in [6, 6.07) is 7.88. The van der Waals surface area contributed by atoms with Crippen molar-refractivity contribution in [3.8, 4) is 11.4 Å². The third-order valence-electron chi connectivity index (χ3n) is 6.92. The van der Waals surface area contributed by atoms with Gasteiger partial charge in [0.15, 0.2) is 11.6 Å². The third kappa shape index (κ3) is 3.57. The number of hydrogen-bond acceptors (Lipinski definition) is 4. The van der Waals surface area contributed by atoms with Crippen LogP contribution in [0.1, 0.15) is 48.1 Å². The number of nitrogens with two attached hydrogens (primary N) is 1. The highest BCUT2D eigenvalue weighted by Crippen LogP contribution is 2.49. The molecule has 2 N–H and O–H groups in total. The average Bonchev–Trinajstić information content (AvgIpc) is 3.41. The maximum Gasteiger partial charge on any atom is 0.167 e. The molecule has 1 aromatic heterocycles. The molecule has 0 bridgehead atoms. The molecule has 5 nitrogen and oxygen atoms in total. The first-order chi connectivity index (χ1) is 15.3. The van der Waals surface area contributed by atoms with Crippen molar-refractivity contribution in [2.75, 3.05) is 0 Å². The Hall–Kier alpha value is -2.51. The largest absolute Gasteiger partial charge is 0.482 e. The summed E-state index contributed by atoms with van der Waals surface area (Å²) in [5.41, 5.74) is 8.28. The molecule has 0 amide bonds. The van der Waals surface area contributed by atoms with Crippen molar-refractivity contribution in [1.82, 2.24) is 14.8 Å². The highest BCUT2D eigenvalue weighted by atomic mass is 35.5. The Labute approximate surface area is 190 Å². The lowest BCUT2D eigenvalue weighted by molar-refractivity contribution is 0.101. The number of aromatic nitrogens is 3. The normalized spacial score (nSPS) is 24.7. The second-order valence-electron chi connectivity index (χ2n) is 8.86. The van der Waals surface area contributed by atoms with Crippen LogP contribution in [0.25, 0.3) is 5.69 Å². The van der Waals surface area contributed by atoms with Gasteiger partial charge in [0.2, 0.25) is 0 Å². The minimum absolute atomic E-state index is 0.0307. The van der Waals surface area contributed by atoms with Gasteiger partial charge in [-0.15, -0.1) is 10.2 Å². The predicted octanol–water partition coefficient (Wildman–Crippen LogP) is 5.24. The fraction of sp³-hybridized carbons (Fsp3) is 0.417. The van der Waals surface area contributed by atoms with Gasteiger partial charge in [0.25, 0.3) is 0 Å². The van der Waals surface area contributed by atoms with Gasteiger partial charge in [0.1, 0.15) is 23.6 Å². The van der Waals surface area contributed by atoms with Gasteiger partial charge in [-0.1, -0.05) is 18.0 Å². The lowest BCUT2D eigenvalue weighted by Gasteiger charge is -2.29. The molecule has 2 aliphatic carbocycles. The summed E-state index contributed by atoms with van der Waals surface area (Å²) in [6.45, 7) is 3.62. The highest BCUT2D eigenvalue weighted by molar-refractivity contribution is 6.30. The summed E-state index contributed by atoms with van der Waals surface area (Å²) in [6.07, 6.45) is 2.94. The molecule has 0 spiro atoms. The Morgan fingerprint density at radius 2 is 1.78 bits per heavy atom. The number of halogens is 3. The number of rotatable bonds is 4. The van der Waals surface area contributed by atoms with E-state index in [9.17, 15) is 4.39 Å². The quantitative estimate of drug-likeness (QED) is 0.581. The maximum atomic E-state index is 15.2. The molecule has 1 saturated carbocycles. The molecule has 0 aliphatic heterocycles. The van der Waals surface area contributed by atoms with Crippen LogP contribution in [0.3, 0.4) is 0 Å². The Kier molecular flexibility index (Phi) is 5.42. The molecule has 1 fully saturated rings. The van der Waals surface area contributed by atoms with Crippen LogP contribution in [-0.4, -0.2) is 20.8 Å². The first-order valence-corrected chi connectivity index (χ1v) is 11.3. The number of ether oxygens (including phenoxy) is 1. The number of aryl methyl sites for hydroxylation is 2. The molecule has 0 unspecified atom stereocenters. The monoisotopic (exact) mass is 458 g/mol. The summed E-state index contributed by atoms with van der Waals surface area (Å²) in [5, 5.41) is 8.37. The van der Waals surface area contributed by atoms with E-state index in [1.807, 2.05) is 13.8 Å². The van der Waals surface area contributed by atoms with Gasteiger partial charge in [-0.2, -0.15) is 0 Å². The van der Waals surface area contributed by atoms with Gasteiger partial charge in [-0.05, 0) is 68.9 Å². The van der Waals surface area contributed by atoms with E-state index in [4.69, 9.17) is 22.1 Å². The summed E-state index contributed by atoms with van der Waals surface area (Å²) >= 11 is 6.16. The predicted molar refractivity (Wildman–Crippen MR) is 118 cm³/mol. The van der Waals surface area contributed by atoms with E-state index in [1.54, 1.807) is 22.8 Å². The molecule has 8 heteroatoms. The lowest BCUT2D eigenvalue weighted by Crippen LogP contribution is -2.33. The Morgan fingerprint density at radius 1 is 1.03 bits per heavy atom. The van der Waals surface area contributed by atoms with Crippen molar-refractivity contribution in [3.63, 3.8) is 0 Å². The Balaban J connectivity index is 1.51. The zero-order valence-corrected chi connectivity index (χ0v) is 18.7. The van der Waals surface area contributed by atoms with Gasteiger partial charge >= 0.3 is 0 Å². The van der Waals surface area contributed by atoms with Crippen LogP contribution in [0.4, 0.5) is 8.78 Å². The topological polar surface area (TPSA) is 66.0 Å². The van der Waals surface area contributed by atoms with Crippen LogP contribution in [0.15, 0.2) is 30.3 Å². The zero-order valence-electron chi connectivity index (χ0n) is 18.0. The molecule has 3 aromatic rings. The van der Waals surface area contributed by atoms with Crippen LogP contribution in [0.2, 0.25) is 5.02 Å². The average molecular weight is 459 g/mol. The third-order valence-corrected chi connectivity index (χ3v) is 7.14. The number of hydrogen-bond donors (Lipinski definition) is 1. The number of benzene rings is 2. The van der Waals surface area contributed by atoms with E-state index >= 15 is 4.39 Å². The molecular weight excluding hydrogens is 434 g/mol. The molecule has 32 heavy (non-hydrogen) atoms. The fourth-order valence-corrected chi connectivity index (χ4v) is 5.66. The van der Waals surface area contributed by atoms with E-state index in [0.29, 0.717) is 39.9 Å². The minimum Gasteiger partial charge on any atom is -0.482 e. The molecule has 0 saturated heterocycles. The van der Waals surface area contributed by atoms with Crippen molar-refractivity contribution in [2.24, 2.45) is 17.6 Å². The molecule has 4 atom stereocenters. The Bertz CT molecular complexity index is 1160. The second-order valence-corrected chi connectivity index (χ2v) is 9.30. The molecule has 2 aromatic carbocycles. The summed E-state index contributed by atoms with van der Waals surface area (Å²) in [5.74, 6) is 0.769. The SMILES string of the molecule is Cc1nnc(C)n1-c1ccc(O[C@@H]2c3cc(Cl)cc(F)c3C[C@H]2[C@@H]2CCC[C@H]2N)c(F)c1. The van der Waals surface area contributed by atoms with E-state index in [2.05, 4.69) is 10.2 Å². The second kappa shape index (κ2) is 8.12. The standard InChI is InChI=1S/C24H25ClF2N4O/c1-12-29-30-13(2)31(12)15-6-7-23(21(27)10-15)32-24-18-8-14(25)9-20(26)17(18)11-19(24)16-4-3-5-22(16)28/h6-10,16,19,22,24H,3-5,11,28H2,1-2H3/t16-,19-,22+,24+/m0/s1. The van der Waals surface area contributed by atoms with Crippen LogP contribution < -0.4 is 10.5 Å². The van der Waals surface area contributed by atoms with E-state index in [1.165, 1.54) is 12.1 Å². The van der Waals surface area contributed by atoms with Gasteiger partial charge in [0, 0.05) is 28.6 Å². The van der Waals surface area contributed by atoms with Crippen molar-refractivity contribution >= 4 is 11.6 Å². The molecule has 1 heterocycles. The smallest absolute Gasteiger partial charge is 0.167 e. The summed E-state index contributed by atoms with van der Waals surface area (Å²) < 4.78 is 37.9. The lowest BCUT2D eigenvalue weighted by atomic mass is 9.84. The number of fused-ring (bicyclic) bond motifs is 1. The van der Waals surface area contributed by atoms with Crippen LogP contribution in [0.5, 0.6) is 5.75 Å². The highest BCUT2D eigenvalue weighted by Gasteiger charge is 2.44. The zero-order chi connectivity index (χ0) is 22.6. The molecule has 5 rings (SSSR count). The van der Waals surface area contributed by atoms with Crippen LogP contribution in [0, 0.1) is 37.3 Å². The molecule has 0 radical (unpaired) electrons. The van der Waals surface area contributed by atoms with Gasteiger partial charge < -0.3 is 10.5 Å². The van der Waals surface area contributed by atoms with Gasteiger partial charge in [0.05, 0.1) is 5.69 Å². The van der Waals surface area contributed by atoms with Crippen LogP contribution >= 0.6 is 11.6 Å². The van der Waals surface area contributed by atoms with E-state index in [-0.39, 0.29) is 29.4 Å². The molecular formula is C24H25ClF2N4O. The van der Waals surface area contributed by atoms with Crippen molar-refractivity contribution in [3.05, 3.63) is 69.8 Å². The first kappa shape index (κ1) is 21.3. The van der Waals surface area contributed by atoms with Crippen LogP contribution in [-0.2, 0) is 6.42 Å². The van der Waals surface area contributed by atoms with Gasteiger partial charge in [-0.25, -0.2) is 8.78 Å². The Morgan fingerprint density at radius 3 is 2.44 bits per heavy atom. The van der Waals surface area contributed by atoms with Gasteiger partial charge in [-0.3, -0.25) is 4.57 Å². The minimum atomic E-state index is -0.508. The summed E-state index contributed by atoms with van der Waals surface area (Å²) in [7, 11) is 0. The number of nitrogens with zero attached hydrogens (tertiary/aromatic N) is 3. The van der Waals surface area contributed by atoms with Crippen molar-refractivity contribution in [2.45, 2.75) is 51.7 Å². The first-order valence-electron chi connectivity index (χ1n) is 10.9. The summed E-state index contributed by atoms with van der Waals surface area (Å²) in [4.78, 5) is 0. The molecule has 168 valence electrons. The fourth-order valence-electron chi connectivity index (χ4n) is 5.44. The van der Waals surface area contributed by atoms with E-state index < -0.39 is 11.9 Å². The van der Waals surface area contributed by atoms with E-state index in [0.717, 1.165) is 19.3 Å².